The summed E-state index contributed by atoms with van der Waals surface area (Å²) in [5.74, 6) is 2.06. The first-order valence-corrected chi connectivity index (χ1v) is 8.85. The van der Waals surface area contributed by atoms with Gasteiger partial charge in [-0.3, -0.25) is 4.79 Å². The molecule has 7 heteroatoms. The van der Waals surface area contributed by atoms with Crippen molar-refractivity contribution in [2.75, 3.05) is 31.4 Å². The molecule has 0 aliphatic heterocycles. The molecule has 3 rings (SSSR count). The summed E-state index contributed by atoms with van der Waals surface area (Å²) in [6.07, 6.45) is 0.790. The highest BCUT2D eigenvalue weighted by atomic mass is 16.5. The van der Waals surface area contributed by atoms with E-state index in [2.05, 4.69) is 20.8 Å². The zero-order chi connectivity index (χ0) is 19.8. The smallest absolute Gasteiger partial charge is 0.260 e. The van der Waals surface area contributed by atoms with Crippen molar-refractivity contribution in [2.24, 2.45) is 0 Å². The highest BCUT2D eigenvalue weighted by molar-refractivity contribution is 6.05. The molecule has 0 radical (unpaired) electrons. The zero-order valence-corrected chi connectivity index (χ0v) is 15.8. The lowest BCUT2D eigenvalue weighted by Gasteiger charge is -2.10. The van der Waals surface area contributed by atoms with Crippen LogP contribution in [0.2, 0.25) is 0 Å². The maximum Gasteiger partial charge on any atom is 0.260 e. The number of carbonyl (C=O) groups is 1. The Balaban J connectivity index is 1.55. The van der Waals surface area contributed by atoms with Crippen molar-refractivity contribution in [3.63, 3.8) is 0 Å². The third kappa shape index (κ3) is 4.76. The van der Waals surface area contributed by atoms with Crippen LogP contribution in [0.4, 0.5) is 11.6 Å². The van der Waals surface area contributed by atoms with E-state index in [9.17, 15) is 4.79 Å². The summed E-state index contributed by atoms with van der Waals surface area (Å²) in [7, 11) is 3.19. The van der Waals surface area contributed by atoms with Gasteiger partial charge in [0.1, 0.15) is 17.3 Å². The average Bonchev–Trinajstić information content (AvgIpc) is 2.75. The summed E-state index contributed by atoms with van der Waals surface area (Å²) >= 11 is 0. The van der Waals surface area contributed by atoms with Crippen molar-refractivity contribution in [1.29, 1.82) is 0 Å². The molecule has 2 N–H and O–H groups in total. The minimum Gasteiger partial charge on any atom is -0.496 e. The monoisotopic (exact) mass is 378 g/mol. The van der Waals surface area contributed by atoms with Gasteiger partial charge in [0.05, 0.1) is 19.8 Å². The van der Waals surface area contributed by atoms with E-state index in [1.54, 1.807) is 43.5 Å². The van der Waals surface area contributed by atoms with Crippen molar-refractivity contribution in [1.82, 2.24) is 10.2 Å². The number of nitrogens with zero attached hydrogens (tertiary/aromatic N) is 2. The Morgan fingerprint density at radius 2 is 1.50 bits per heavy atom. The fourth-order valence-electron chi connectivity index (χ4n) is 2.74. The molecule has 1 amide bonds. The third-order valence-electron chi connectivity index (χ3n) is 4.15. The topological polar surface area (TPSA) is 85.4 Å². The molecule has 3 aromatic rings. The van der Waals surface area contributed by atoms with Gasteiger partial charge in [-0.15, -0.1) is 10.2 Å². The van der Waals surface area contributed by atoms with Gasteiger partial charge in [-0.2, -0.15) is 0 Å². The molecule has 1 aromatic heterocycles. The number of hydrogen-bond donors (Lipinski definition) is 2. The number of carbonyl (C=O) groups excluding carboxylic acids is 1. The first-order valence-electron chi connectivity index (χ1n) is 8.85. The Morgan fingerprint density at radius 3 is 2.21 bits per heavy atom. The molecule has 0 saturated heterocycles. The fourth-order valence-corrected chi connectivity index (χ4v) is 2.74. The van der Waals surface area contributed by atoms with Crippen LogP contribution in [0.1, 0.15) is 15.9 Å². The van der Waals surface area contributed by atoms with Crippen LogP contribution in [0, 0.1) is 0 Å². The number of ether oxygens (including phenoxy) is 2. The van der Waals surface area contributed by atoms with E-state index in [1.807, 2.05) is 24.3 Å². The number of benzene rings is 2. The standard InChI is InChI=1S/C21H22N4O3/c1-27-17-9-5-3-7-15(17)13-14-22-19-11-12-20(25-24-19)23-21(26)16-8-4-6-10-18(16)28-2/h3-12H,13-14H2,1-2H3,(H,22,24)(H,23,25,26). The number of nitrogens with one attached hydrogen (secondary N) is 2. The average molecular weight is 378 g/mol. The predicted octanol–water partition coefficient (Wildman–Crippen LogP) is 3.40. The molecule has 0 bridgehead atoms. The van der Waals surface area contributed by atoms with Gasteiger partial charge in [0, 0.05) is 6.54 Å². The summed E-state index contributed by atoms with van der Waals surface area (Å²) in [5.41, 5.74) is 1.55. The first-order chi connectivity index (χ1) is 13.7. The lowest BCUT2D eigenvalue weighted by molar-refractivity contribution is 0.102. The maximum atomic E-state index is 12.4. The molecule has 28 heavy (non-hydrogen) atoms. The van der Waals surface area contributed by atoms with Crippen molar-refractivity contribution in [2.45, 2.75) is 6.42 Å². The minimum atomic E-state index is -0.302. The second-order valence-corrected chi connectivity index (χ2v) is 5.95. The van der Waals surface area contributed by atoms with Gasteiger partial charge < -0.3 is 20.1 Å². The normalized spacial score (nSPS) is 10.2. The Morgan fingerprint density at radius 1 is 0.857 bits per heavy atom. The predicted molar refractivity (Wildman–Crippen MR) is 108 cm³/mol. The molecule has 1 heterocycles. The Kier molecular flexibility index (Phi) is 6.41. The van der Waals surface area contributed by atoms with Crippen molar-refractivity contribution in [3.05, 3.63) is 71.8 Å². The molecule has 0 spiro atoms. The number of aromatic nitrogens is 2. The van der Waals surface area contributed by atoms with Crippen LogP contribution < -0.4 is 20.1 Å². The van der Waals surface area contributed by atoms with Gasteiger partial charge in [0.15, 0.2) is 5.82 Å². The molecule has 0 saturated carbocycles. The highest BCUT2D eigenvalue weighted by Gasteiger charge is 2.12. The number of para-hydroxylation sites is 2. The van der Waals surface area contributed by atoms with E-state index < -0.39 is 0 Å². The lowest BCUT2D eigenvalue weighted by Crippen LogP contribution is -2.15. The van der Waals surface area contributed by atoms with Crippen LogP contribution in [0.25, 0.3) is 0 Å². The zero-order valence-electron chi connectivity index (χ0n) is 15.8. The van der Waals surface area contributed by atoms with Crippen LogP contribution in [-0.2, 0) is 6.42 Å². The molecular formula is C21H22N4O3. The van der Waals surface area contributed by atoms with Gasteiger partial charge >= 0.3 is 0 Å². The van der Waals surface area contributed by atoms with Gasteiger partial charge in [0.25, 0.3) is 5.91 Å². The Hall–Kier alpha value is -3.61. The van der Waals surface area contributed by atoms with Gasteiger partial charge in [-0.05, 0) is 42.3 Å². The number of amides is 1. The maximum absolute atomic E-state index is 12.4. The Labute approximate surface area is 163 Å². The van der Waals surface area contributed by atoms with E-state index in [-0.39, 0.29) is 5.91 Å². The summed E-state index contributed by atoms with van der Waals surface area (Å²) in [6, 6.07) is 18.4. The van der Waals surface area contributed by atoms with E-state index in [1.165, 1.54) is 7.11 Å². The second-order valence-electron chi connectivity index (χ2n) is 5.95. The molecule has 0 atom stereocenters. The summed E-state index contributed by atoms with van der Waals surface area (Å²) in [6.45, 7) is 0.683. The fraction of sp³-hybridized carbons (Fsp3) is 0.190. The minimum absolute atomic E-state index is 0.302. The number of rotatable bonds is 8. The number of methoxy groups -OCH3 is 2. The van der Waals surface area contributed by atoms with E-state index in [4.69, 9.17) is 9.47 Å². The van der Waals surface area contributed by atoms with Gasteiger partial charge in [-0.1, -0.05) is 30.3 Å². The molecule has 144 valence electrons. The largest absolute Gasteiger partial charge is 0.496 e. The first kappa shape index (κ1) is 19.2. The SMILES string of the molecule is COc1ccccc1CCNc1ccc(NC(=O)c2ccccc2OC)nn1. The lowest BCUT2D eigenvalue weighted by atomic mass is 10.1. The molecular weight excluding hydrogens is 356 g/mol. The van der Waals surface area contributed by atoms with Crippen LogP contribution >= 0.6 is 0 Å². The van der Waals surface area contributed by atoms with Crippen LogP contribution in [0.5, 0.6) is 11.5 Å². The van der Waals surface area contributed by atoms with E-state index >= 15 is 0 Å². The molecule has 0 unspecified atom stereocenters. The van der Waals surface area contributed by atoms with Gasteiger partial charge in [0.2, 0.25) is 0 Å². The van der Waals surface area contributed by atoms with E-state index in [0.29, 0.717) is 29.5 Å². The van der Waals surface area contributed by atoms with Crippen molar-refractivity contribution >= 4 is 17.5 Å². The van der Waals surface area contributed by atoms with Crippen LogP contribution in [0.15, 0.2) is 60.7 Å². The van der Waals surface area contributed by atoms with Crippen molar-refractivity contribution < 1.29 is 14.3 Å². The molecule has 0 aliphatic carbocycles. The summed E-state index contributed by atoms with van der Waals surface area (Å²) in [5, 5.41) is 14.1. The number of anilines is 2. The van der Waals surface area contributed by atoms with Gasteiger partial charge in [-0.25, -0.2) is 0 Å². The molecule has 0 fully saturated rings. The Bertz CT molecular complexity index is 929. The third-order valence-corrected chi connectivity index (χ3v) is 4.15. The quantitative estimate of drug-likeness (QED) is 0.625. The van der Waals surface area contributed by atoms with Crippen LogP contribution in [0.3, 0.4) is 0 Å². The summed E-state index contributed by atoms with van der Waals surface area (Å²) < 4.78 is 10.6. The molecule has 0 aliphatic rings. The summed E-state index contributed by atoms with van der Waals surface area (Å²) in [4.78, 5) is 12.4. The highest BCUT2D eigenvalue weighted by Crippen LogP contribution is 2.19. The van der Waals surface area contributed by atoms with E-state index in [0.717, 1.165) is 17.7 Å². The molecule has 2 aromatic carbocycles. The number of hydrogen-bond acceptors (Lipinski definition) is 6. The second kappa shape index (κ2) is 9.36. The van der Waals surface area contributed by atoms with Crippen LogP contribution in [-0.4, -0.2) is 36.9 Å². The molecule has 7 nitrogen and oxygen atoms in total. The van der Waals surface area contributed by atoms with Crippen molar-refractivity contribution in [3.8, 4) is 11.5 Å².